The Morgan fingerprint density at radius 2 is 1.67 bits per heavy atom. The second kappa shape index (κ2) is 5.20. The first-order valence-electron chi connectivity index (χ1n) is 3.93. The molecule has 0 bridgehead atoms. The van der Waals surface area contributed by atoms with Gasteiger partial charge < -0.3 is 4.57 Å². The van der Waals surface area contributed by atoms with Crippen LogP contribution in [0.15, 0.2) is 0 Å². The Balaban J connectivity index is 3.31. The molecule has 0 aliphatic heterocycles. The van der Waals surface area contributed by atoms with E-state index in [9.17, 15) is 0 Å². The Morgan fingerprint density at radius 1 is 1.22 bits per heavy atom. The number of nitrogens with zero attached hydrogens (tertiary/aromatic N) is 1. The molecule has 0 unspecified atom stereocenters. The van der Waals surface area contributed by atoms with Gasteiger partial charge in [-0.3, -0.25) is 0 Å². The summed E-state index contributed by atoms with van der Waals surface area (Å²) in [5.74, 6) is 0. The van der Waals surface area contributed by atoms with Gasteiger partial charge in [0.15, 0.2) is 0 Å². The summed E-state index contributed by atoms with van der Waals surface area (Å²) in [6, 6.07) is 0. The van der Waals surface area contributed by atoms with Gasteiger partial charge in [0.2, 0.25) is 0 Å². The zero-order valence-corrected chi connectivity index (χ0v) is 9.71. The molecule has 0 aromatic heterocycles. The normalized spacial score (nSPS) is 12.7. The largest absolute Gasteiger partial charge is 0.332 e. The Labute approximate surface area is 62.7 Å². The number of rotatable bonds is 4. The highest BCUT2D eigenvalue weighted by molar-refractivity contribution is 7.09. The lowest BCUT2D eigenvalue weighted by molar-refractivity contribution is 0.501. The van der Waals surface area contributed by atoms with Crippen molar-refractivity contribution < 1.29 is 0 Å². The Bertz CT molecular complexity index is 62.1. The van der Waals surface area contributed by atoms with Crippen LogP contribution in [-0.2, 0) is 0 Å². The van der Waals surface area contributed by atoms with Crippen LogP contribution in [0.1, 0.15) is 13.8 Å². The Kier molecular flexibility index (Phi) is 5.43. The fourth-order valence-corrected chi connectivity index (χ4v) is 7.19. The predicted octanol–water partition coefficient (Wildman–Crippen LogP) is 0.395. The minimum atomic E-state index is -0.199. The maximum atomic E-state index is 2.65. The molecule has 3 heteroatoms. The quantitative estimate of drug-likeness (QED) is 0.540. The van der Waals surface area contributed by atoms with Gasteiger partial charge in [0.1, 0.15) is 0 Å². The summed E-state index contributed by atoms with van der Waals surface area (Å²) in [4.78, 5) is 0. The van der Waals surface area contributed by atoms with E-state index < -0.39 is 0 Å². The first kappa shape index (κ1) is 9.39. The monoisotopic (exact) mass is 161 g/mol. The van der Waals surface area contributed by atoms with E-state index in [1.54, 1.807) is 0 Å². The van der Waals surface area contributed by atoms with Crippen molar-refractivity contribution in [3.05, 3.63) is 0 Å². The molecule has 9 heavy (non-hydrogen) atoms. The van der Waals surface area contributed by atoms with E-state index in [-0.39, 0.29) is 17.5 Å². The van der Waals surface area contributed by atoms with E-state index in [1.165, 1.54) is 13.1 Å². The van der Waals surface area contributed by atoms with Crippen molar-refractivity contribution in [2.45, 2.75) is 26.9 Å². The highest BCUT2D eigenvalue weighted by Crippen LogP contribution is 1.86. The van der Waals surface area contributed by atoms with Crippen LogP contribution in [0.2, 0.25) is 13.1 Å². The third-order valence-electron chi connectivity index (χ3n) is 1.52. The van der Waals surface area contributed by atoms with Gasteiger partial charge in [-0.2, -0.15) is 0 Å². The molecule has 0 fully saturated rings. The molecule has 0 spiro atoms. The molecule has 0 aromatic rings. The Morgan fingerprint density at radius 3 is 1.78 bits per heavy atom. The van der Waals surface area contributed by atoms with E-state index in [4.69, 9.17) is 0 Å². The zero-order chi connectivity index (χ0) is 7.28. The van der Waals surface area contributed by atoms with Crippen molar-refractivity contribution >= 4 is 17.5 Å². The van der Waals surface area contributed by atoms with Crippen molar-refractivity contribution in [3.63, 3.8) is 0 Å². The maximum absolute atomic E-state index is 2.65. The van der Waals surface area contributed by atoms with Crippen LogP contribution in [0, 0.1) is 0 Å². The summed E-state index contributed by atoms with van der Waals surface area (Å²) in [6.07, 6.45) is 0. The Hall–Kier alpha value is 0.394. The van der Waals surface area contributed by atoms with Gasteiger partial charge >= 0.3 is 0 Å². The summed E-state index contributed by atoms with van der Waals surface area (Å²) >= 11 is 0. The van der Waals surface area contributed by atoms with Crippen LogP contribution in [0.4, 0.5) is 0 Å². The molecule has 0 atom stereocenters. The minimum Gasteiger partial charge on any atom is -0.332 e. The van der Waals surface area contributed by atoms with Crippen LogP contribution in [0.5, 0.6) is 0 Å². The van der Waals surface area contributed by atoms with E-state index >= 15 is 0 Å². The van der Waals surface area contributed by atoms with Gasteiger partial charge in [0, 0.05) is 8.31 Å². The molecule has 0 aliphatic rings. The first-order valence-corrected chi connectivity index (χ1v) is 10.1. The molecule has 0 N–H and O–H groups in total. The van der Waals surface area contributed by atoms with E-state index in [1.807, 2.05) is 0 Å². The first-order chi connectivity index (χ1) is 4.20. The smallest absolute Gasteiger partial charge is 0.0827 e. The van der Waals surface area contributed by atoms with Crippen LogP contribution in [0.3, 0.4) is 0 Å². The molecule has 0 amide bonds. The topological polar surface area (TPSA) is 3.24 Å². The van der Waals surface area contributed by atoms with Gasteiger partial charge in [-0.25, -0.2) is 0 Å². The van der Waals surface area contributed by atoms with Crippen LogP contribution in [-0.4, -0.2) is 35.2 Å². The highest BCUT2D eigenvalue weighted by atomic mass is 29.2. The lowest BCUT2D eigenvalue weighted by Gasteiger charge is -2.18. The average Bonchev–Trinajstić information content (AvgIpc) is 1.82. The standard InChI is InChI=1S/C6H19NSi2/c1-5-7(6-2)8-9(3)4/h9H,5-6,8H2,1-4H3. The van der Waals surface area contributed by atoms with Crippen LogP contribution < -0.4 is 0 Å². The number of hydrogen-bond donors (Lipinski definition) is 0. The highest BCUT2D eigenvalue weighted by Gasteiger charge is 2.02. The van der Waals surface area contributed by atoms with Gasteiger partial charge in [-0.15, -0.1) is 0 Å². The molecule has 0 radical (unpaired) electrons. The zero-order valence-electron chi connectivity index (χ0n) is 7.15. The van der Waals surface area contributed by atoms with Crippen LogP contribution >= 0.6 is 0 Å². The van der Waals surface area contributed by atoms with E-state index in [2.05, 4.69) is 31.5 Å². The lowest BCUT2D eigenvalue weighted by Crippen LogP contribution is -2.35. The SMILES string of the molecule is CCN(CC)[SiH2][SiH](C)C. The maximum Gasteiger partial charge on any atom is 0.0827 e. The predicted molar refractivity (Wildman–Crippen MR) is 50.3 cm³/mol. The molecular formula is C6H19NSi2. The van der Waals surface area contributed by atoms with Gasteiger partial charge in [-0.05, 0) is 13.1 Å². The molecule has 0 heterocycles. The fraction of sp³-hybridized carbons (Fsp3) is 1.00. The van der Waals surface area contributed by atoms with Gasteiger partial charge in [0.25, 0.3) is 0 Å². The molecule has 0 aromatic carbocycles. The summed E-state index contributed by atoms with van der Waals surface area (Å²) in [5, 5.41) is 0. The second-order valence-corrected chi connectivity index (χ2v) is 12.9. The van der Waals surface area contributed by atoms with Gasteiger partial charge in [-0.1, -0.05) is 26.9 Å². The van der Waals surface area contributed by atoms with Gasteiger partial charge in [0.05, 0.1) is 9.20 Å². The van der Waals surface area contributed by atoms with Crippen LogP contribution in [0.25, 0.3) is 0 Å². The molecule has 0 rings (SSSR count). The van der Waals surface area contributed by atoms with Crippen molar-refractivity contribution in [1.29, 1.82) is 0 Å². The third-order valence-corrected chi connectivity index (χ3v) is 7.40. The fourth-order valence-electron chi connectivity index (χ4n) is 0.998. The van der Waals surface area contributed by atoms with Crippen molar-refractivity contribution in [2.24, 2.45) is 0 Å². The number of hydrogen-bond acceptors (Lipinski definition) is 1. The summed E-state index contributed by atoms with van der Waals surface area (Å²) in [7, 11) is 0.0334. The van der Waals surface area contributed by atoms with E-state index in [0.29, 0.717) is 0 Å². The third kappa shape index (κ3) is 4.87. The lowest BCUT2D eigenvalue weighted by atomic mass is 10.7. The van der Waals surface area contributed by atoms with Crippen molar-refractivity contribution in [2.75, 3.05) is 13.1 Å². The summed E-state index contributed by atoms with van der Waals surface area (Å²) in [5.41, 5.74) is 0. The summed E-state index contributed by atoms with van der Waals surface area (Å²) in [6.45, 7) is 12.0. The van der Waals surface area contributed by atoms with Crippen molar-refractivity contribution in [3.8, 4) is 0 Å². The molecule has 0 saturated heterocycles. The van der Waals surface area contributed by atoms with E-state index in [0.717, 1.165) is 0 Å². The second-order valence-electron chi connectivity index (χ2n) is 2.88. The minimum absolute atomic E-state index is 0.199. The molecule has 0 aliphatic carbocycles. The molecule has 56 valence electrons. The van der Waals surface area contributed by atoms with Crippen molar-refractivity contribution in [1.82, 2.24) is 4.57 Å². The molecular weight excluding hydrogens is 142 g/mol. The summed E-state index contributed by atoms with van der Waals surface area (Å²) < 4.78 is 2.65. The average molecular weight is 161 g/mol. The molecule has 0 saturated carbocycles. The molecule has 1 nitrogen and oxygen atoms in total.